The van der Waals surface area contributed by atoms with Gasteiger partial charge in [0.25, 0.3) is 0 Å². The first-order valence-electron chi connectivity index (χ1n) is 8.58. The molecule has 2 N–H and O–H groups in total. The van der Waals surface area contributed by atoms with Gasteiger partial charge in [-0.2, -0.15) is 4.39 Å². The molecule has 9 nitrogen and oxygen atoms in total. The molecule has 0 aliphatic rings. The summed E-state index contributed by atoms with van der Waals surface area (Å²) in [5, 5.41) is 32.1. The Hall–Kier alpha value is -2.99. The van der Waals surface area contributed by atoms with Crippen LogP contribution in [-0.2, 0) is 11.3 Å². The van der Waals surface area contributed by atoms with E-state index in [-0.39, 0.29) is 17.2 Å². The number of thioether (sulfide) groups is 1. The molecule has 30 heavy (non-hydrogen) atoms. The Kier molecular flexibility index (Phi) is 6.67. The first-order chi connectivity index (χ1) is 14.3. The highest BCUT2D eigenvalue weighted by Crippen LogP contribution is 2.32. The van der Waals surface area contributed by atoms with Crippen LogP contribution in [0.1, 0.15) is 6.92 Å². The summed E-state index contributed by atoms with van der Waals surface area (Å²) >= 11 is 4.47. The number of carbonyl (C=O) groups is 1. The fraction of sp³-hybridized carbons (Fsp3) is 0.167. The summed E-state index contributed by atoms with van der Waals surface area (Å²) in [6.45, 7) is 2.38. The van der Waals surface area contributed by atoms with E-state index in [1.54, 1.807) is 16.7 Å². The van der Waals surface area contributed by atoms with Crippen LogP contribution in [0.2, 0.25) is 0 Å². The number of nitro groups is 1. The number of phenols is 1. The summed E-state index contributed by atoms with van der Waals surface area (Å²) in [6.07, 6.45) is 0. The molecule has 0 aliphatic heterocycles. The van der Waals surface area contributed by atoms with Crippen LogP contribution in [0.3, 0.4) is 0 Å². The normalized spacial score (nSPS) is 10.8. The summed E-state index contributed by atoms with van der Waals surface area (Å²) in [7, 11) is 0. The van der Waals surface area contributed by atoms with E-state index in [1.165, 1.54) is 12.1 Å². The molecule has 0 aliphatic carbocycles. The van der Waals surface area contributed by atoms with Crippen LogP contribution in [0, 0.1) is 15.9 Å². The van der Waals surface area contributed by atoms with Gasteiger partial charge in [0.05, 0.1) is 16.2 Å². The molecule has 0 spiro atoms. The van der Waals surface area contributed by atoms with Gasteiger partial charge in [-0.15, -0.1) is 10.2 Å². The van der Waals surface area contributed by atoms with Crippen molar-refractivity contribution in [2.24, 2.45) is 0 Å². The Morgan fingerprint density at radius 1 is 1.33 bits per heavy atom. The number of halogens is 2. The summed E-state index contributed by atoms with van der Waals surface area (Å²) in [5.41, 5.74) is -0.108. The number of nitrogens with zero attached hydrogens (tertiary/aromatic N) is 4. The first-order valence-corrected chi connectivity index (χ1v) is 10.4. The van der Waals surface area contributed by atoms with Gasteiger partial charge >= 0.3 is 5.69 Å². The zero-order valence-electron chi connectivity index (χ0n) is 15.5. The number of hydrogen-bond acceptors (Lipinski definition) is 7. The molecule has 0 radical (unpaired) electrons. The predicted octanol–water partition coefficient (Wildman–Crippen LogP) is 4.21. The van der Waals surface area contributed by atoms with Crippen molar-refractivity contribution in [3.8, 4) is 17.1 Å². The van der Waals surface area contributed by atoms with Crippen molar-refractivity contribution in [2.75, 3.05) is 11.1 Å². The van der Waals surface area contributed by atoms with Crippen molar-refractivity contribution >= 4 is 45.0 Å². The SMILES string of the molecule is CCn1c(SCC(=O)Nc2ccc(F)c([N+](=O)[O-])c2)nnc1-c1cc(Br)ccc1O. The quantitative estimate of drug-likeness (QED) is 0.285. The molecular formula is C18H15BrFN5O4S. The summed E-state index contributed by atoms with van der Waals surface area (Å²) in [6, 6.07) is 8.08. The number of amides is 1. The van der Waals surface area contributed by atoms with E-state index >= 15 is 0 Å². The van der Waals surface area contributed by atoms with Gasteiger partial charge in [-0.05, 0) is 37.3 Å². The number of carbonyl (C=O) groups excluding carboxylic acids is 1. The van der Waals surface area contributed by atoms with E-state index in [1.807, 2.05) is 6.92 Å². The second kappa shape index (κ2) is 9.22. The third kappa shape index (κ3) is 4.76. The van der Waals surface area contributed by atoms with Crippen molar-refractivity contribution in [1.29, 1.82) is 0 Å². The van der Waals surface area contributed by atoms with Crippen LogP contribution in [0.15, 0.2) is 46.0 Å². The molecule has 2 aromatic carbocycles. The molecule has 0 saturated carbocycles. The third-order valence-corrected chi connectivity index (χ3v) is 5.45. The molecule has 1 amide bonds. The second-order valence-corrected chi connectivity index (χ2v) is 7.83. The number of nitro benzene ring substituents is 1. The molecule has 3 aromatic rings. The van der Waals surface area contributed by atoms with Gasteiger partial charge in [0.2, 0.25) is 11.7 Å². The van der Waals surface area contributed by atoms with Gasteiger partial charge in [0.1, 0.15) is 5.75 Å². The Balaban J connectivity index is 1.73. The maximum Gasteiger partial charge on any atom is 0.306 e. The van der Waals surface area contributed by atoms with E-state index < -0.39 is 22.3 Å². The number of hydrogen-bond donors (Lipinski definition) is 2. The van der Waals surface area contributed by atoms with Gasteiger partial charge in [-0.25, -0.2) is 0 Å². The van der Waals surface area contributed by atoms with Crippen molar-refractivity contribution in [2.45, 2.75) is 18.6 Å². The third-order valence-electron chi connectivity index (χ3n) is 3.99. The second-order valence-electron chi connectivity index (χ2n) is 5.97. The van der Waals surface area contributed by atoms with Crippen LogP contribution < -0.4 is 5.32 Å². The Bertz CT molecular complexity index is 1120. The van der Waals surface area contributed by atoms with Crippen LogP contribution >= 0.6 is 27.7 Å². The molecule has 1 aromatic heterocycles. The molecule has 1 heterocycles. The molecule has 0 saturated heterocycles. The fourth-order valence-corrected chi connectivity index (χ4v) is 3.79. The number of phenolic OH excluding ortho intramolecular Hbond substituents is 1. The zero-order chi connectivity index (χ0) is 21.8. The topological polar surface area (TPSA) is 123 Å². The Labute approximate surface area is 182 Å². The number of nitrogens with one attached hydrogen (secondary N) is 1. The minimum atomic E-state index is -0.980. The highest BCUT2D eigenvalue weighted by molar-refractivity contribution is 9.10. The summed E-state index contributed by atoms with van der Waals surface area (Å²) in [4.78, 5) is 22.2. The first kappa shape index (κ1) is 21.7. The highest BCUT2D eigenvalue weighted by atomic mass is 79.9. The Morgan fingerprint density at radius 2 is 2.10 bits per heavy atom. The molecule has 156 valence electrons. The zero-order valence-corrected chi connectivity index (χ0v) is 17.9. The molecule has 3 rings (SSSR count). The number of aromatic hydroxyl groups is 1. The van der Waals surface area contributed by atoms with Crippen LogP contribution in [-0.4, -0.2) is 36.5 Å². The van der Waals surface area contributed by atoms with E-state index in [9.17, 15) is 24.4 Å². The molecule has 0 atom stereocenters. The largest absolute Gasteiger partial charge is 0.507 e. The smallest absolute Gasteiger partial charge is 0.306 e. The van der Waals surface area contributed by atoms with Crippen LogP contribution in [0.25, 0.3) is 11.4 Å². The van der Waals surface area contributed by atoms with E-state index in [4.69, 9.17) is 0 Å². The standard InChI is InChI=1S/C18H15BrFN5O4S/c1-2-24-17(12-7-10(19)3-6-15(12)26)22-23-18(24)30-9-16(27)21-11-4-5-13(20)14(8-11)25(28)29/h3-8,26H,2,9H2,1H3,(H,21,27). The minimum absolute atomic E-state index is 0.0478. The van der Waals surface area contributed by atoms with Crippen molar-refractivity contribution in [3.05, 3.63) is 56.8 Å². The molecule has 0 bridgehead atoms. The van der Waals surface area contributed by atoms with Crippen molar-refractivity contribution < 1.29 is 19.2 Å². The van der Waals surface area contributed by atoms with Gasteiger partial charge in [-0.3, -0.25) is 14.9 Å². The minimum Gasteiger partial charge on any atom is -0.507 e. The maximum atomic E-state index is 13.4. The van der Waals surface area contributed by atoms with Gasteiger partial charge in [-0.1, -0.05) is 27.7 Å². The van der Waals surface area contributed by atoms with Crippen LogP contribution in [0.5, 0.6) is 5.75 Å². The summed E-state index contributed by atoms with van der Waals surface area (Å²) < 4.78 is 15.9. The molecule has 12 heteroatoms. The van der Waals surface area contributed by atoms with Crippen molar-refractivity contribution in [1.82, 2.24) is 14.8 Å². The van der Waals surface area contributed by atoms with Crippen molar-refractivity contribution in [3.63, 3.8) is 0 Å². The Morgan fingerprint density at radius 3 is 2.80 bits per heavy atom. The molecule has 0 unspecified atom stereocenters. The van der Waals surface area contributed by atoms with Gasteiger partial charge in [0.15, 0.2) is 11.0 Å². The van der Waals surface area contributed by atoms with Gasteiger partial charge in [0, 0.05) is 22.8 Å². The predicted molar refractivity (Wildman–Crippen MR) is 113 cm³/mol. The maximum absolute atomic E-state index is 13.4. The lowest BCUT2D eigenvalue weighted by Crippen LogP contribution is -2.15. The summed E-state index contributed by atoms with van der Waals surface area (Å²) in [5.74, 6) is -0.973. The van der Waals surface area contributed by atoms with E-state index in [0.29, 0.717) is 23.1 Å². The molecule has 0 fully saturated rings. The average molecular weight is 496 g/mol. The number of aromatic nitrogens is 3. The van der Waals surface area contributed by atoms with Gasteiger partial charge < -0.3 is 15.0 Å². The molecular weight excluding hydrogens is 481 g/mol. The lowest BCUT2D eigenvalue weighted by molar-refractivity contribution is -0.387. The number of anilines is 1. The van der Waals surface area contributed by atoms with E-state index in [0.717, 1.165) is 28.4 Å². The highest BCUT2D eigenvalue weighted by Gasteiger charge is 2.18. The average Bonchev–Trinajstić information content (AvgIpc) is 3.12. The lowest BCUT2D eigenvalue weighted by Gasteiger charge is -2.09. The monoisotopic (exact) mass is 495 g/mol. The number of rotatable bonds is 7. The van der Waals surface area contributed by atoms with E-state index in [2.05, 4.69) is 31.4 Å². The lowest BCUT2D eigenvalue weighted by atomic mass is 10.2. The number of benzene rings is 2. The fourth-order valence-electron chi connectivity index (χ4n) is 2.62. The van der Waals surface area contributed by atoms with Crippen LogP contribution in [0.4, 0.5) is 15.8 Å².